The van der Waals surface area contributed by atoms with Crippen molar-refractivity contribution < 1.29 is 14.7 Å². The molecule has 22 heavy (non-hydrogen) atoms. The molecule has 1 saturated heterocycles. The molecule has 0 radical (unpaired) electrons. The Morgan fingerprint density at radius 2 is 2.14 bits per heavy atom. The molecule has 1 aliphatic carbocycles. The van der Waals surface area contributed by atoms with Gasteiger partial charge in [-0.25, -0.2) is 0 Å². The van der Waals surface area contributed by atoms with Crippen molar-refractivity contribution in [1.82, 2.24) is 5.32 Å². The standard InChI is InChI=1S/C15H15N3O3S/c19-13(20)8-12-14(21)16-15(22-12)18-17-11-7-3-5-9-4-1-2-6-10(9)11/h1-2,4,6,12H,3,5,7-8H2,(H,19,20)(H,16,18,21)/b17-11-. The zero-order valence-corrected chi connectivity index (χ0v) is 12.6. The summed E-state index contributed by atoms with van der Waals surface area (Å²) in [4.78, 5) is 22.3. The van der Waals surface area contributed by atoms with E-state index in [0.717, 1.165) is 42.3 Å². The highest BCUT2D eigenvalue weighted by molar-refractivity contribution is 8.15. The number of carbonyl (C=O) groups excluding carboxylic acids is 1. The highest BCUT2D eigenvalue weighted by atomic mass is 32.2. The highest BCUT2D eigenvalue weighted by Crippen LogP contribution is 2.24. The number of amides is 1. The van der Waals surface area contributed by atoms with Crippen molar-refractivity contribution in [3.63, 3.8) is 0 Å². The van der Waals surface area contributed by atoms with E-state index in [1.54, 1.807) is 0 Å². The number of aryl methyl sites for hydroxylation is 1. The van der Waals surface area contributed by atoms with Crippen LogP contribution in [0.1, 0.15) is 30.4 Å². The van der Waals surface area contributed by atoms with Crippen molar-refractivity contribution in [3.05, 3.63) is 35.4 Å². The van der Waals surface area contributed by atoms with Crippen LogP contribution in [0, 0.1) is 0 Å². The minimum atomic E-state index is -0.999. The van der Waals surface area contributed by atoms with E-state index >= 15 is 0 Å². The van der Waals surface area contributed by atoms with Gasteiger partial charge in [0.2, 0.25) is 5.91 Å². The van der Waals surface area contributed by atoms with Crippen LogP contribution in [0.25, 0.3) is 0 Å². The van der Waals surface area contributed by atoms with E-state index in [1.165, 1.54) is 5.56 Å². The SMILES string of the molecule is O=C(O)CC1SC(=N/N=C2/CCCc3ccccc32)NC1=O. The molecular weight excluding hydrogens is 302 g/mol. The van der Waals surface area contributed by atoms with E-state index in [-0.39, 0.29) is 12.3 Å². The summed E-state index contributed by atoms with van der Waals surface area (Å²) >= 11 is 1.12. The van der Waals surface area contributed by atoms with E-state index in [2.05, 4.69) is 21.6 Å². The topological polar surface area (TPSA) is 91.1 Å². The first kappa shape index (κ1) is 14.8. The van der Waals surface area contributed by atoms with Gasteiger partial charge < -0.3 is 10.4 Å². The summed E-state index contributed by atoms with van der Waals surface area (Å²) in [6, 6.07) is 8.10. The maximum Gasteiger partial charge on any atom is 0.305 e. The minimum absolute atomic E-state index is 0.213. The molecule has 1 aromatic carbocycles. The van der Waals surface area contributed by atoms with Crippen LogP contribution in [0.3, 0.4) is 0 Å². The van der Waals surface area contributed by atoms with Crippen molar-refractivity contribution in [2.75, 3.05) is 0 Å². The molecule has 1 heterocycles. The largest absolute Gasteiger partial charge is 0.481 e. The molecule has 0 aromatic heterocycles. The Balaban J connectivity index is 1.77. The molecule has 2 aliphatic rings. The molecule has 2 N–H and O–H groups in total. The molecule has 1 aliphatic heterocycles. The van der Waals surface area contributed by atoms with E-state index in [1.807, 2.05) is 18.2 Å². The van der Waals surface area contributed by atoms with Crippen LogP contribution in [0.5, 0.6) is 0 Å². The number of benzene rings is 1. The number of carbonyl (C=O) groups is 2. The Kier molecular flexibility index (Phi) is 4.24. The molecule has 0 saturated carbocycles. The molecule has 1 unspecified atom stereocenters. The van der Waals surface area contributed by atoms with E-state index in [9.17, 15) is 9.59 Å². The summed E-state index contributed by atoms with van der Waals surface area (Å²) in [5, 5.41) is 19.4. The molecule has 6 nitrogen and oxygen atoms in total. The van der Waals surface area contributed by atoms with Crippen molar-refractivity contribution >= 4 is 34.5 Å². The molecule has 0 bridgehead atoms. The van der Waals surface area contributed by atoms with Gasteiger partial charge in [-0.3, -0.25) is 9.59 Å². The van der Waals surface area contributed by atoms with E-state index in [0.29, 0.717) is 5.17 Å². The second-order valence-corrected chi connectivity index (χ2v) is 6.35. The van der Waals surface area contributed by atoms with Crippen LogP contribution in [-0.4, -0.2) is 33.1 Å². The van der Waals surface area contributed by atoms with Crippen molar-refractivity contribution in [2.24, 2.45) is 10.2 Å². The normalized spacial score (nSPS) is 24.4. The predicted octanol–water partition coefficient (Wildman–Crippen LogP) is 1.79. The number of amidine groups is 1. The van der Waals surface area contributed by atoms with Crippen molar-refractivity contribution in [1.29, 1.82) is 0 Å². The summed E-state index contributed by atoms with van der Waals surface area (Å²) in [7, 11) is 0. The van der Waals surface area contributed by atoms with Gasteiger partial charge in [0, 0.05) is 5.56 Å². The fourth-order valence-corrected chi connectivity index (χ4v) is 3.46. The summed E-state index contributed by atoms with van der Waals surface area (Å²) < 4.78 is 0. The lowest BCUT2D eigenvalue weighted by atomic mass is 9.90. The Morgan fingerprint density at radius 3 is 2.95 bits per heavy atom. The molecule has 0 spiro atoms. The van der Waals surface area contributed by atoms with Crippen LogP contribution >= 0.6 is 11.8 Å². The quantitative estimate of drug-likeness (QED) is 0.832. The number of nitrogens with zero attached hydrogens (tertiary/aromatic N) is 2. The number of fused-ring (bicyclic) bond motifs is 1. The molecular formula is C15H15N3O3S. The highest BCUT2D eigenvalue weighted by Gasteiger charge is 2.32. The summed E-state index contributed by atoms with van der Waals surface area (Å²) in [5.41, 5.74) is 3.28. The number of nitrogens with one attached hydrogen (secondary N) is 1. The number of hydrogen-bond acceptors (Lipinski definition) is 5. The maximum atomic E-state index is 11.6. The third kappa shape index (κ3) is 3.19. The average molecular weight is 317 g/mol. The number of thioether (sulfide) groups is 1. The molecule has 114 valence electrons. The molecule has 3 rings (SSSR count). The van der Waals surface area contributed by atoms with Gasteiger partial charge in [-0.1, -0.05) is 36.0 Å². The van der Waals surface area contributed by atoms with Gasteiger partial charge in [0.15, 0.2) is 5.17 Å². The Bertz CT molecular complexity index is 684. The summed E-state index contributed by atoms with van der Waals surface area (Å²) in [6.07, 6.45) is 2.71. The second-order valence-electron chi connectivity index (χ2n) is 5.16. The molecule has 7 heteroatoms. The molecule has 1 atom stereocenters. The van der Waals surface area contributed by atoms with E-state index in [4.69, 9.17) is 5.11 Å². The minimum Gasteiger partial charge on any atom is -0.481 e. The van der Waals surface area contributed by atoms with Gasteiger partial charge in [0.05, 0.1) is 12.1 Å². The summed E-state index contributed by atoms with van der Waals surface area (Å²) in [5.74, 6) is -1.32. The lowest BCUT2D eigenvalue weighted by Gasteiger charge is -2.16. The zero-order valence-electron chi connectivity index (χ0n) is 11.8. The second kappa shape index (κ2) is 6.31. The van der Waals surface area contributed by atoms with Gasteiger partial charge >= 0.3 is 5.97 Å². The van der Waals surface area contributed by atoms with Gasteiger partial charge in [-0.05, 0) is 24.8 Å². The van der Waals surface area contributed by atoms with Gasteiger partial charge in [0.25, 0.3) is 0 Å². The Labute approximate surface area is 131 Å². The van der Waals surface area contributed by atoms with Gasteiger partial charge in [0.1, 0.15) is 5.25 Å². The third-order valence-electron chi connectivity index (χ3n) is 3.59. The third-order valence-corrected chi connectivity index (χ3v) is 4.66. The van der Waals surface area contributed by atoms with Crippen LogP contribution in [-0.2, 0) is 16.0 Å². The first-order valence-electron chi connectivity index (χ1n) is 7.05. The first-order chi connectivity index (χ1) is 10.6. The smallest absolute Gasteiger partial charge is 0.305 e. The van der Waals surface area contributed by atoms with Crippen LogP contribution < -0.4 is 5.32 Å². The number of aliphatic carboxylic acids is 1. The average Bonchev–Trinajstić information content (AvgIpc) is 2.84. The Hall–Kier alpha value is -2.15. The van der Waals surface area contributed by atoms with Gasteiger partial charge in [-0.15, -0.1) is 5.10 Å². The molecule has 1 aromatic rings. The van der Waals surface area contributed by atoms with Crippen LogP contribution in [0.15, 0.2) is 34.5 Å². The zero-order chi connectivity index (χ0) is 15.5. The van der Waals surface area contributed by atoms with Crippen molar-refractivity contribution in [3.8, 4) is 0 Å². The van der Waals surface area contributed by atoms with Crippen molar-refractivity contribution in [2.45, 2.75) is 30.9 Å². The number of carboxylic acid groups (broad SMARTS) is 1. The lowest BCUT2D eigenvalue weighted by Crippen LogP contribution is -2.26. The van der Waals surface area contributed by atoms with Crippen LogP contribution in [0.2, 0.25) is 0 Å². The van der Waals surface area contributed by atoms with Gasteiger partial charge in [-0.2, -0.15) is 5.10 Å². The number of rotatable bonds is 3. The number of carboxylic acids is 1. The maximum absolute atomic E-state index is 11.6. The van der Waals surface area contributed by atoms with Crippen LogP contribution in [0.4, 0.5) is 0 Å². The fourth-order valence-electron chi connectivity index (χ4n) is 2.56. The first-order valence-corrected chi connectivity index (χ1v) is 7.93. The molecule has 1 fully saturated rings. The predicted molar refractivity (Wildman–Crippen MR) is 85.1 cm³/mol. The Morgan fingerprint density at radius 1 is 1.32 bits per heavy atom. The number of hydrogen-bond donors (Lipinski definition) is 2. The van der Waals surface area contributed by atoms with E-state index < -0.39 is 11.2 Å². The molecule has 1 amide bonds. The fraction of sp³-hybridized carbons (Fsp3) is 0.333. The lowest BCUT2D eigenvalue weighted by molar-refractivity contribution is -0.138. The monoisotopic (exact) mass is 317 g/mol. The summed E-state index contributed by atoms with van der Waals surface area (Å²) in [6.45, 7) is 0.